The van der Waals surface area contributed by atoms with Crippen LogP contribution in [0, 0.1) is 0 Å². The lowest BCUT2D eigenvalue weighted by molar-refractivity contribution is -0.122. The van der Waals surface area contributed by atoms with Crippen molar-refractivity contribution in [2.24, 2.45) is 0 Å². The van der Waals surface area contributed by atoms with Crippen LogP contribution in [0.5, 0.6) is 0 Å². The molecule has 15 heteroatoms. The van der Waals surface area contributed by atoms with Crippen LogP contribution in [0.2, 0.25) is 0 Å². The molecule has 0 aromatic rings. The highest BCUT2D eigenvalue weighted by Crippen LogP contribution is 2.07. The Kier molecular flexibility index (Phi) is 28.0. The molecule has 0 radical (unpaired) electrons. The number of amides is 6. The Labute approximate surface area is 274 Å². The van der Waals surface area contributed by atoms with E-state index in [2.05, 4.69) is 38.8 Å². The van der Waals surface area contributed by atoms with Crippen molar-refractivity contribution >= 4 is 23.9 Å². The summed E-state index contributed by atoms with van der Waals surface area (Å²) < 4.78 is 26.8. The van der Waals surface area contributed by atoms with Crippen LogP contribution in [-0.2, 0) is 33.3 Å². The minimum atomic E-state index is -0.723. The normalized spacial score (nSPS) is 12.2. The number of hydrogen-bond donors (Lipinski definition) is 6. The van der Waals surface area contributed by atoms with Gasteiger partial charge in [0, 0.05) is 39.6 Å². The second-order valence-corrected chi connectivity index (χ2v) is 10.2. The van der Waals surface area contributed by atoms with Crippen LogP contribution < -0.4 is 31.9 Å². The molecule has 0 unspecified atom stereocenters. The number of nitrogens with one attached hydrogen (secondary N) is 6. The molecule has 15 nitrogen and oxygen atoms in total. The molecule has 0 bridgehead atoms. The van der Waals surface area contributed by atoms with E-state index in [0.717, 1.165) is 30.6 Å². The summed E-state index contributed by atoms with van der Waals surface area (Å²) >= 11 is 0. The number of unbranched alkanes of at least 4 members (excludes halogenated alkanes) is 2. The first-order chi connectivity index (χ1) is 22.2. The fraction of sp³-hybridized carbons (Fsp3) is 0.742. The molecule has 0 saturated carbocycles. The van der Waals surface area contributed by atoms with Crippen molar-refractivity contribution in [2.45, 2.75) is 58.9 Å². The van der Waals surface area contributed by atoms with Gasteiger partial charge >= 0.3 is 12.1 Å². The quantitative estimate of drug-likeness (QED) is 0.0410. The molecule has 266 valence electrons. The van der Waals surface area contributed by atoms with E-state index in [-0.39, 0.29) is 31.0 Å². The predicted octanol–water partition coefficient (Wildman–Crippen LogP) is 1.35. The van der Waals surface area contributed by atoms with Gasteiger partial charge in [0.2, 0.25) is 11.8 Å². The summed E-state index contributed by atoms with van der Waals surface area (Å²) in [6, 6.07) is -1.51. The third-order valence-electron chi connectivity index (χ3n) is 6.23. The minimum Gasteiger partial charge on any atom is -0.501 e. The summed E-state index contributed by atoms with van der Waals surface area (Å²) in [7, 11) is 3.10. The standard InChI is InChI=1S/C31H58N6O9/c1-6-7-8-9-28(38)33-12-16-43-20-21-44-17-13-34-30(40)35-14-18-45-22-23-46-19-15-36-31(41)37-27(29(39)32-4)24-25(2)10-11-26(3)42-5/h10-11,27H,6-9,12-24H2,1-5H3,(H,32,39)(H,33,38)(H2,34,35,40)(H2,36,37,41)/b25-10+,26-11+/t27-/m0/s1. The first-order valence-electron chi connectivity index (χ1n) is 16.0. The summed E-state index contributed by atoms with van der Waals surface area (Å²) in [5.41, 5.74) is 0.904. The third-order valence-corrected chi connectivity index (χ3v) is 6.23. The van der Waals surface area contributed by atoms with Crippen molar-refractivity contribution < 1.29 is 42.9 Å². The fourth-order valence-electron chi connectivity index (χ4n) is 3.61. The zero-order valence-electron chi connectivity index (χ0n) is 28.4. The maximum Gasteiger partial charge on any atom is 0.315 e. The number of rotatable bonds is 28. The van der Waals surface area contributed by atoms with Gasteiger partial charge in [-0.2, -0.15) is 0 Å². The molecule has 0 aliphatic rings. The summed E-state index contributed by atoms with van der Waals surface area (Å²) in [6.45, 7) is 10.1. The molecule has 6 N–H and O–H groups in total. The van der Waals surface area contributed by atoms with Crippen LogP contribution >= 0.6 is 0 Å². The van der Waals surface area contributed by atoms with Gasteiger partial charge in [0.05, 0.1) is 65.7 Å². The number of likely N-dealkylation sites (N-methyl/N-ethyl adjacent to an activating group) is 1. The smallest absolute Gasteiger partial charge is 0.315 e. The molecule has 0 rings (SSSR count). The van der Waals surface area contributed by atoms with Gasteiger partial charge in [-0.3, -0.25) is 9.59 Å². The molecule has 0 aliphatic carbocycles. The Morgan fingerprint density at radius 1 is 0.674 bits per heavy atom. The van der Waals surface area contributed by atoms with E-state index in [1.807, 2.05) is 19.9 Å². The van der Waals surface area contributed by atoms with Crippen LogP contribution in [-0.4, -0.2) is 123 Å². The first-order valence-corrected chi connectivity index (χ1v) is 16.0. The van der Waals surface area contributed by atoms with Gasteiger partial charge in [0.1, 0.15) is 6.04 Å². The third kappa shape index (κ3) is 27.0. The Morgan fingerprint density at radius 2 is 1.17 bits per heavy atom. The number of allylic oxidation sites excluding steroid dienone is 3. The summed E-state index contributed by atoms with van der Waals surface area (Å²) in [5, 5.41) is 16.1. The van der Waals surface area contributed by atoms with Crippen molar-refractivity contribution in [2.75, 3.05) is 93.2 Å². The molecule has 0 fully saturated rings. The fourth-order valence-corrected chi connectivity index (χ4v) is 3.61. The lowest BCUT2D eigenvalue weighted by Gasteiger charge is -2.18. The largest absolute Gasteiger partial charge is 0.501 e. The van der Waals surface area contributed by atoms with Gasteiger partial charge < -0.3 is 55.6 Å². The van der Waals surface area contributed by atoms with Gasteiger partial charge in [0.15, 0.2) is 0 Å². The second kappa shape index (κ2) is 30.3. The monoisotopic (exact) mass is 658 g/mol. The predicted molar refractivity (Wildman–Crippen MR) is 175 cm³/mol. The molecular weight excluding hydrogens is 600 g/mol. The number of hydrogen-bond acceptors (Lipinski definition) is 9. The highest BCUT2D eigenvalue weighted by atomic mass is 16.5. The van der Waals surface area contributed by atoms with E-state index in [0.29, 0.717) is 78.7 Å². The molecule has 0 aromatic heterocycles. The van der Waals surface area contributed by atoms with Crippen LogP contribution in [0.4, 0.5) is 9.59 Å². The molecule has 1 atom stereocenters. The van der Waals surface area contributed by atoms with E-state index < -0.39 is 12.1 Å². The van der Waals surface area contributed by atoms with E-state index in [4.69, 9.17) is 23.7 Å². The molecule has 0 aliphatic heterocycles. The van der Waals surface area contributed by atoms with Crippen molar-refractivity contribution in [3.63, 3.8) is 0 Å². The second-order valence-electron chi connectivity index (χ2n) is 10.2. The van der Waals surface area contributed by atoms with E-state index in [1.165, 1.54) is 7.05 Å². The minimum absolute atomic E-state index is 0.0552. The average Bonchev–Trinajstić information content (AvgIpc) is 3.04. The van der Waals surface area contributed by atoms with Crippen molar-refractivity contribution in [3.8, 4) is 0 Å². The highest BCUT2D eigenvalue weighted by molar-refractivity contribution is 5.87. The molecule has 0 aromatic carbocycles. The van der Waals surface area contributed by atoms with Gasteiger partial charge in [-0.25, -0.2) is 9.59 Å². The molecule has 0 heterocycles. The Balaban J connectivity index is 3.69. The number of methoxy groups -OCH3 is 1. The molecule has 6 amide bonds. The van der Waals surface area contributed by atoms with Gasteiger partial charge in [-0.1, -0.05) is 31.4 Å². The maximum atomic E-state index is 12.2. The van der Waals surface area contributed by atoms with Crippen molar-refractivity contribution in [1.29, 1.82) is 0 Å². The summed E-state index contributed by atoms with van der Waals surface area (Å²) in [6.07, 6.45) is 7.61. The van der Waals surface area contributed by atoms with Crippen molar-refractivity contribution in [3.05, 3.63) is 23.5 Å². The topological polar surface area (TPSA) is 187 Å². The number of carbonyl (C=O) groups is 4. The van der Waals surface area contributed by atoms with Crippen LogP contribution in [0.1, 0.15) is 52.9 Å². The molecule has 0 saturated heterocycles. The number of ether oxygens (including phenoxy) is 5. The lowest BCUT2D eigenvalue weighted by Crippen LogP contribution is -2.49. The zero-order valence-corrected chi connectivity index (χ0v) is 28.4. The zero-order chi connectivity index (χ0) is 34.3. The van der Waals surface area contributed by atoms with Gasteiger partial charge in [-0.05, 0) is 32.8 Å². The summed E-state index contributed by atoms with van der Waals surface area (Å²) in [4.78, 5) is 47.8. The number of carbonyl (C=O) groups excluding carboxylic acids is 4. The maximum absolute atomic E-state index is 12.2. The van der Waals surface area contributed by atoms with Crippen LogP contribution in [0.25, 0.3) is 0 Å². The first kappa shape index (κ1) is 42.6. The number of urea groups is 2. The van der Waals surface area contributed by atoms with Gasteiger partial charge in [-0.15, -0.1) is 0 Å². The van der Waals surface area contributed by atoms with Crippen LogP contribution in [0.3, 0.4) is 0 Å². The van der Waals surface area contributed by atoms with Gasteiger partial charge in [0.25, 0.3) is 0 Å². The van der Waals surface area contributed by atoms with E-state index >= 15 is 0 Å². The van der Waals surface area contributed by atoms with E-state index in [1.54, 1.807) is 13.2 Å². The molecule has 46 heavy (non-hydrogen) atoms. The van der Waals surface area contributed by atoms with Crippen molar-refractivity contribution in [1.82, 2.24) is 31.9 Å². The van der Waals surface area contributed by atoms with Crippen LogP contribution in [0.15, 0.2) is 23.5 Å². The molecular formula is C31H58N6O9. The Morgan fingerprint density at radius 3 is 1.65 bits per heavy atom. The Bertz CT molecular complexity index is 902. The lowest BCUT2D eigenvalue weighted by atomic mass is 10.1. The summed E-state index contributed by atoms with van der Waals surface area (Å²) in [5.74, 6) is 0.492. The SMILES string of the molecule is CCCCCC(=O)NCCOCCOCCNC(=O)NCCOCCOCCNC(=O)N[C@@H](C/C(C)=C/C=C(\C)OC)C(=O)NC. The highest BCUT2D eigenvalue weighted by Gasteiger charge is 2.19. The molecule has 0 spiro atoms. The Hall–Kier alpha value is -3.40. The van der Waals surface area contributed by atoms with E-state index in [9.17, 15) is 19.2 Å². The average molecular weight is 659 g/mol.